The van der Waals surface area contributed by atoms with E-state index in [1.807, 2.05) is 29.8 Å². The van der Waals surface area contributed by atoms with Crippen LogP contribution in [-0.2, 0) is 13.5 Å². The zero-order chi connectivity index (χ0) is 17.1. The Morgan fingerprint density at radius 2 is 1.96 bits per heavy atom. The Kier molecular flexibility index (Phi) is 4.35. The fraction of sp³-hybridized carbons (Fsp3) is 0.176. The predicted octanol–water partition coefficient (Wildman–Crippen LogP) is 2.63. The lowest BCUT2D eigenvalue weighted by Gasteiger charge is -2.12. The Hall–Kier alpha value is -3.06. The van der Waals surface area contributed by atoms with E-state index < -0.39 is 4.92 Å². The van der Waals surface area contributed by atoms with E-state index in [4.69, 9.17) is 5.73 Å². The van der Waals surface area contributed by atoms with Crippen LogP contribution in [0.25, 0.3) is 11.3 Å². The molecule has 0 amide bonds. The van der Waals surface area contributed by atoms with Crippen LogP contribution in [0.15, 0.2) is 54.9 Å². The van der Waals surface area contributed by atoms with Crippen LogP contribution in [0.2, 0.25) is 0 Å². The molecule has 0 aliphatic rings. The number of nitro benzene ring substituents is 1. The van der Waals surface area contributed by atoms with Crippen LogP contribution in [-0.4, -0.2) is 19.5 Å². The molecular weight excluding hydrogens is 306 g/mol. The molecule has 0 aliphatic carbocycles. The summed E-state index contributed by atoms with van der Waals surface area (Å²) in [6.45, 7) is 0. The molecule has 3 rings (SSSR count). The van der Waals surface area contributed by atoms with Gasteiger partial charge in [0.15, 0.2) is 0 Å². The molecule has 0 fully saturated rings. The van der Waals surface area contributed by atoms with Gasteiger partial charge >= 0.3 is 0 Å². The molecule has 2 heterocycles. The lowest BCUT2D eigenvalue weighted by molar-refractivity contribution is -0.384. The van der Waals surface area contributed by atoms with Gasteiger partial charge in [0.25, 0.3) is 5.69 Å². The van der Waals surface area contributed by atoms with E-state index in [0.29, 0.717) is 6.42 Å². The van der Waals surface area contributed by atoms with Gasteiger partial charge in [0, 0.05) is 43.1 Å². The highest BCUT2D eigenvalue weighted by atomic mass is 16.6. The van der Waals surface area contributed by atoms with Gasteiger partial charge in [0.1, 0.15) is 5.82 Å². The topological polar surface area (TPSA) is 99.9 Å². The fourth-order valence-electron chi connectivity index (χ4n) is 2.63. The van der Waals surface area contributed by atoms with Gasteiger partial charge in [-0.2, -0.15) is 0 Å². The Balaban J connectivity index is 1.84. The fourth-order valence-corrected chi connectivity index (χ4v) is 2.63. The summed E-state index contributed by atoms with van der Waals surface area (Å²) in [5, 5.41) is 10.7. The van der Waals surface area contributed by atoms with E-state index in [1.165, 1.54) is 12.1 Å². The molecule has 0 bridgehead atoms. The van der Waals surface area contributed by atoms with E-state index in [9.17, 15) is 10.1 Å². The van der Waals surface area contributed by atoms with Gasteiger partial charge in [-0.1, -0.05) is 6.07 Å². The summed E-state index contributed by atoms with van der Waals surface area (Å²) in [7, 11) is 1.89. The maximum absolute atomic E-state index is 10.7. The zero-order valence-electron chi connectivity index (χ0n) is 13.2. The van der Waals surface area contributed by atoms with Crippen molar-refractivity contribution in [2.24, 2.45) is 12.8 Å². The number of nitro groups is 1. The molecule has 24 heavy (non-hydrogen) atoms. The SMILES string of the molecule is Cn1c(-c2ccc([N+](=O)[O-])cc2)cnc1[C@@H](N)Cc1ccccn1. The number of aromatic nitrogens is 3. The van der Waals surface area contributed by atoms with Crippen molar-refractivity contribution in [2.45, 2.75) is 12.5 Å². The third-order valence-corrected chi connectivity index (χ3v) is 3.88. The summed E-state index contributed by atoms with van der Waals surface area (Å²) in [5.41, 5.74) is 8.95. The van der Waals surface area contributed by atoms with Crippen LogP contribution < -0.4 is 5.73 Å². The number of nitrogens with two attached hydrogens (primary N) is 1. The Morgan fingerprint density at radius 1 is 1.21 bits per heavy atom. The van der Waals surface area contributed by atoms with Crippen LogP contribution in [0.4, 0.5) is 5.69 Å². The first-order chi connectivity index (χ1) is 11.6. The summed E-state index contributed by atoms with van der Waals surface area (Å²) in [6.07, 6.45) is 4.06. The molecule has 122 valence electrons. The van der Waals surface area contributed by atoms with Crippen LogP contribution in [0.5, 0.6) is 0 Å². The summed E-state index contributed by atoms with van der Waals surface area (Å²) in [6, 6.07) is 11.8. The van der Waals surface area contributed by atoms with Crippen molar-refractivity contribution in [3.63, 3.8) is 0 Å². The number of nitrogens with zero attached hydrogens (tertiary/aromatic N) is 4. The number of hydrogen-bond acceptors (Lipinski definition) is 5. The van der Waals surface area contributed by atoms with Gasteiger partial charge in [0.05, 0.1) is 22.9 Å². The molecule has 0 saturated carbocycles. The summed E-state index contributed by atoms with van der Waals surface area (Å²) in [5.74, 6) is 0.744. The lowest BCUT2D eigenvalue weighted by atomic mass is 10.1. The van der Waals surface area contributed by atoms with Crippen LogP contribution in [0.1, 0.15) is 17.6 Å². The second-order valence-corrected chi connectivity index (χ2v) is 5.50. The van der Waals surface area contributed by atoms with Crippen molar-refractivity contribution in [2.75, 3.05) is 0 Å². The number of rotatable bonds is 5. The van der Waals surface area contributed by atoms with E-state index in [0.717, 1.165) is 22.8 Å². The Labute approximate surface area is 138 Å². The number of benzene rings is 1. The van der Waals surface area contributed by atoms with E-state index in [1.54, 1.807) is 24.5 Å². The molecule has 2 aromatic heterocycles. The first-order valence-electron chi connectivity index (χ1n) is 7.48. The summed E-state index contributed by atoms with van der Waals surface area (Å²) >= 11 is 0. The minimum atomic E-state index is -0.415. The third-order valence-electron chi connectivity index (χ3n) is 3.88. The second-order valence-electron chi connectivity index (χ2n) is 5.50. The number of imidazole rings is 1. The van der Waals surface area contributed by atoms with Crippen LogP contribution in [0, 0.1) is 10.1 Å². The smallest absolute Gasteiger partial charge is 0.269 e. The molecule has 1 atom stereocenters. The van der Waals surface area contributed by atoms with Gasteiger partial charge in [-0.15, -0.1) is 0 Å². The average molecular weight is 323 g/mol. The van der Waals surface area contributed by atoms with Crippen molar-refractivity contribution in [3.8, 4) is 11.3 Å². The first kappa shape index (κ1) is 15.8. The van der Waals surface area contributed by atoms with Crippen molar-refractivity contribution in [1.29, 1.82) is 0 Å². The first-order valence-corrected chi connectivity index (χ1v) is 7.48. The van der Waals surface area contributed by atoms with Crippen LogP contribution in [0.3, 0.4) is 0 Å². The van der Waals surface area contributed by atoms with E-state index >= 15 is 0 Å². The van der Waals surface area contributed by atoms with Gasteiger partial charge in [0.2, 0.25) is 0 Å². The average Bonchev–Trinajstić information content (AvgIpc) is 2.97. The lowest BCUT2D eigenvalue weighted by Crippen LogP contribution is -2.18. The standard InChI is InChI=1S/C17H17N5O2/c1-21-16(12-5-7-14(8-6-12)22(23)24)11-20-17(21)15(18)10-13-4-2-3-9-19-13/h2-9,11,15H,10,18H2,1H3/t15-/m0/s1. The molecule has 2 N–H and O–H groups in total. The highest BCUT2D eigenvalue weighted by molar-refractivity contribution is 5.61. The molecule has 0 saturated heterocycles. The maximum Gasteiger partial charge on any atom is 0.269 e. The number of non-ortho nitro benzene ring substituents is 1. The molecule has 0 unspecified atom stereocenters. The highest BCUT2D eigenvalue weighted by Crippen LogP contribution is 2.25. The predicted molar refractivity (Wildman–Crippen MR) is 90.2 cm³/mol. The number of hydrogen-bond donors (Lipinski definition) is 1. The summed E-state index contributed by atoms with van der Waals surface area (Å²) in [4.78, 5) is 19.0. The van der Waals surface area contributed by atoms with Crippen LogP contribution >= 0.6 is 0 Å². The van der Waals surface area contributed by atoms with Crippen molar-refractivity contribution in [1.82, 2.24) is 14.5 Å². The quantitative estimate of drug-likeness (QED) is 0.574. The number of pyridine rings is 1. The molecule has 0 spiro atoms. The molecule has 0 radical (unpaired) electrons. The second kappa shape index (κ2) is 6.59. The van der Waals surface area contributed by atoms with Crippen molar-refractivity contribution in [3.05, 3.63) is 76.5 Å². The largest absolute Gasteiger partial charge is 0.330 e. The van der Waals surface area contributed by atoms with Gasteiger partial charge < -0.3 is 10.3 Å². The van der Waals surface area contributed by atoms with Gasteiger partial charge in [-0.05, 0) is 24.3 Å². The minimum absolute atomic E-state index is 0.0630. The van der Waals surface area contributed by atoms with Gasteiger partial charge in [-0.25, -0.2) is 4.98 Å². The molecule has 7 heteroatoms. The third kappa shape index (κ3) is 3.16. The molecular formula is C17H17N5O2. The monoisotopic (exact) mass is 323 g/mol. The Morgan fingerprint density at radius 3 is 2.58 bits per heavy atom. The van der Waals surface area contributed by atoms with E-state index in [2.05, 4.69) is 9.97 Å². The molecule has 7 nitrogen and oxygen atoms in total. The maximum atomic E-state index is 10.7. The molecule has 3 aromatic rings. The van der Waals surface area contributed by atoms with E-state index in [-0.39, 0.29) is 11.7 Å². The highest BCUT2D eigenvalue weighted by Gasteiger charge is 2.16. The Bertz CT molecular complexity index is 843. The van der Waals surface area contributed by atoms with Crippen molar-refractivity contribution < 1.29 is 4.92 Å². The molecule has 0 aliphatic heterocycles. The zero-order valence-corrected chi connectivity index (χ0v) is 13.2. The molecule has 1 aromatic carbocycles. The normalized spacial score (nSPS) is 12.1. The van der Waals surface area contributed by atoms with Crippen molar-refractivity contribution >= 4 is 5.69 Å². The summed E-state index contributed by atoms with van der Waals surface area (Å²) < 4.78 is 1.91. The minimum Gasteiger partial charge on any atom is -0.330 e. The van der Waals surface area contributed by atoms with Gasteiger partial charge in [-0.3, -0.25) is 15.1 Å².